The van der Waals surface area contributed by atoms with E-state index in [1.807, 2.05) is 107 Å². The molecule has 0 aliphatic heterocycles. The zero-order chi connectivity index (χ0) is 103. The standard InChI is InChI=1S/C40H31NO2.C36H29NO2.C32H27NO2.C28H25NO2/c1-26(42)40(27(2)43-3)37-24-35-33-21-11-12-22-34(33)39(25-36(35)31-19-9-10-20-32(31)37)41(29-16-5-4-6-17-29)38-23-13-15-28-14-7-8-18-30(28)38;1-24(38)34(25(2)39-3)35-29-19-9-11-21-31(29)36(32-22-12-10-20-30(32)35)37(27-16-5-4-6-17-27)33-23-13-15-26-14-7-8-18-28(26)33;1-22(34)32(23(2)35-3)29-20-21-31(28-18-10-9-17-27(28)29)33(25-14-5-4-6-15-25)30-19-11-13-24-12-7-8-16-26(24)30;1-20(30)28(21(2)31-3)23-16-18-25(19-17-23)29(24-12-5-4-6-13-24)27-15-9-11-22-10-7-8-14-26(22)27/h4-25H,1-3H3;4-23H,1-3H3;4-21H,1-3H3;4-19H,1-3H3/b40-27+;34-25+;32-23+;28-21+. The van der Waals surface area contributed by atoms with E-state index >= 15 is 0 Å². The highest BCUT2D eigenvalue weighted by molar-refractivity contribution is 6.33. The first-order valence-corrected chi connectivity index (χ1v) is 49.7. The molecule has 0 aromatic heterocycles. The van der Waals surface area contributed by atoms with Gasteiger partial charge in [-0.3, -0.25) is 19.2 Å². The Bertz CT molecular complexity index is 8890. The van der Waals surface area contributed by atoms with Gasteiger partial charge >= 0.3 is 0 Å². The number of Topliss-reactive ketones (excluding diaryl/α,β-unsaturated/α-hetero) is 4. The van der Waals surface area contributed by atoms with Gasteiger partial charge in [0.2, 0.25) is 0 Å². The van der Waals surface area contributed by atoms with Crippen LogP contribution in [0.2, 0.25) is 0 Å². The number of anilines is 12. The summed E-state index contributed by atoms with van der Waals surface area (Å²) < 4.78 is 22.1. The Morgan fingerprint density at radius 3 is 0.824 bits per heavy atom. The number of rotatable bonds is 24. The maximum absolute atomic E-state index is 13.1. The van der Waals surface area contributed by atoms with Crippen LogP contribution >= 0.6 is 0 Å². The molecule has 12 nitrogen and oxygen atoms in total. The fourth-order valence-corrected chi connectivity index (χ4v) is 20.9. The molecule has 0 aliphatic rings. The molecule has 0 amide bonds. The Balaban J connectivity index is 0.000000125. The summed E-state index contributed by atoms with van der Waals surface area (Å²) in [5.74, 6) is 2.39. The van der Waals surface area contributed by atoms with Crippen LogP contribution in [0.3, 0.4) is 0 Å². The number of carbonyl (C=O) groups is 4. The van der Waals surface area contributed by atoms with Crippen molar-refractivity contribution in [3.63, 3.8) is 0 Å². The number of methoxy groups -OCH3 is 4. The molecule has 0 fully saturated rings. The smallest absolute Gasteiger partial charge is 0.163 e. The molecule has 0 saturated heterocycles. The number of carbonyl (C=O) groups excluding carboxylic acids is 4. The predicted octanol–water partition coefficient (Wildman–Crippen LogP) is 36.0. The summed E-state index contributed by atoms with van der Waals surface area (Å²) in [6, 6.07) is 160. The lowest BCUT2D eigenvalue weighted by atomic mass is 9.88. The molecule has 0 radical (unpaired) electrons. The molecule has 724 valence electrons. The maximum atomic E-state index is 13.1. The SMILES string of the molecule is CO/C(C)=C(\C(C)=O)c1c2ccccc2c(N(c2ccccc2)c2cccc3ccccc23)c2ccccc12.CO/C(C)=C(\C(C)=O)c1cc2c3ccccc3c(N(c3ccccc3)c3cccc4ccccc34)cc2c2ccccc12.CO/C(C)=C(\C(C)=O)c1ccc(N(c2ccccc2)c2cccc3ccccc23)c2ccccc12.CO/C(C)=C(\C(C)=O)c1ccc(N(c2ccccc2)c2cccc3ccccc23)cc1. The van der Waals surface area contributed by atoms with Crippen LogP contribution in [0.4, 0.5) is 68.2 Å². The number of para-hydroxylation sites is 4. The lowest BCUT2D eigenvalue weighted by Gasteiger charge is -2.30. The first kappa shape index (κ1) is 98.3. The van der Waals surface area contributed by atoms with Gasteiger partial charge in [0.25, 0.3) is 0 Å². The zero-order valence-electron chi connectivity index (χ0n) is 84.9. The summed E-state index contributed by atoms with van der Waals surface area (Å²) in [6.45, 7) is 13.8. The Kier molecular flexibility index (Phi) is 29.3. The molecule has 0 atom stereocenters. The maximum Gasteiger partial charge on any atom is 0.163 e. The summed E-state index contributed by atoms with van der Waals surface area (Å²) in [5.41, 5.74) is 18.9. The van der Waals surface area contributed by atoms with Gasteiger partial charge in [-0.15, -0.1) is 0 Å². The number of ketones is 4. The molecule has 148 heavy (non-hydrogen) atoms. The van der Waals surface area contributed by atoms with Crippen LogP contribution < -0.4 is 19.6 Å². The van der Waals surface area contributed by atoms with Crippen molar-refractivity contribution in [1.29, 1.82) is 0 Å². The molecule has 0 bridgehead atoms. The summed E-state index contributed by atoms with van der Waals surface area (Å²) in [7, 11) is 6.43. The molecular formula is C136H112N4O8. The van der Waals surface area contributed by atoms with E-state index in [1.54, 1.807) is 56.1 Å². The topological polar surface area (TPSA) is 118 Å². The van der Waals surface area contributed by atoms with Crippen LogP contribution in [0, 0.1) is 0 Å². The highest BCUT2D eigenvalue weighted by Gasteiger charge is 2.30. The minimum Gasteiger partial charge on any atom is -0.501 e. The first-order chi connectivity index (χ1) is 72.4. The molecule has 0 N–H and O–H groups in total. The van der Waals surface area contributed by atoms with E-state index < -0.39 is 0 Å². The van der Waals surface area contributed by atoms with Gasteiger partial charge in [0.05, 0.1) is 90.5 Å². The van der Waals surface area contributed by atoms with Crippen LogP contribution in [-0.4, -0.2) is 51.6 Å². The number of ether oxygens (including phenoxy) is 4. The van der Waals surface area contributed by atoms with E-state index in [0.29, 0.717) is 45.3 Å². The second-order valence-corrected chi connectivity index (χ2v) is 36.5. The van der Waals surface area contributed by atoms with Gasteiger partial charge in [-0.2, -0.15) is 0 Å². The Morgan fingerprint density at radius 1 is 0.176 bits per heavy atom. The van der Waals surface area contributed by atoms with Gasteiger partial charge in [0.15, 0.2) is 23.1 Å². The number of nitrogens with zero attached hydrogens (tertiary/aromatic N) is 4. The summed E-state index contributed by atoms with van der Waals surface area (Å²) in [6.07, 6.45) is 0. The van der Waals surface area contributed by atoms with Gasteiger partial charge in [-0.25, -0.2) is 0 Å². The van der Waals surface area contributed by atoms with Gasteiger partial charge < -0.3 is 38.5 Å². The van der Waals surface area contributed by atoms with Crippen LogP contribution in [-0.2, 0) is 38.1 Å². The molecule has 22 aromatic carbocycles. The predicted molar refractivity (Wildman–Crippen MR) is 621 cm³/mol. The van der Waals surface area contributed by atoms with Crippen LogP contribution in [0.15, 0.2) is 484 Å². The highest BCUT2D eigenvalue weighted by Crippen LogP contribution is 2.53. The van der Waals surface area contributed by atoms with Gasteiger partial charge in [-0.1, -0.05) is 358 Å². The monoisotopic (exact) mass is 1930 g/mol. The summed E-state index contributed by atoms with van der Waals surface area (Å²) in [5, 5.41) is 22.3. The molecule has 0 unspecified atom stereocenters. The van der Waals surface area contributed by atoms with Crippen molar-refractivity contribution in [2.75, 3.05) is 48.0 Å². The summed E-state index contributed by atoms with van der Waals surface area (Å²) >= 11 is 0. The van der Waals surface area contributed by atoms with Gasteiger partial charge in [-0.05, 0) is 240 Å². The third kappa shape index (κ3) is 19.5. The molecule has 0 saturated carbocycles. The number of hydrogen-bond acceptors (Lipinski definition) is 12. The quantitative estimate of drug-likeness (QED) is 0.0248. The fourth-order valence-electron chi connectivity index (χ4n) is 20.9. The average molecular weight is 1930 g/mol. The second-order valence-electron chi connectivity index (χ2n) is 36.5. The molecule has 22 rings (SSSR count). The third-order valence-electron chi connectivity index (χ3n) is 27.7. The van der Waals surface area contributed by atoms with Crippen molar-refractivity contribution in [3.05, 3.63) is 506 Å². The molecule has 22 aromatic rings. The van der Waals surface area contributed by atoms with Crippen LogP contribution in [0.5, 0.6) is 0 Å². The first-order valence-electron chi connectivity index (χ1n) is 49.7. The molecule has 0 aliphatic carbocycles. The molecule has 12 heteroatoms. The van der Waals surface area contributed by atoms with E-state index in [-0.39, 0.29) is 23.1 Å². The van der Waals surface area contributed by atoms with Crippen molar-refractivity contribution in [2.24, 2.45) is 0 Å². The normalized spacial score (nSPS) is 11.9. The Hall–Kier alpha value is -18.5. The summed E-state index contributed by atoms with van der Waals surface area (Å²) in [4.78, 5) is 60.2. The minimum atomic E-state index is -0.0219. The van der Waals surface area contributed by atoms with Crippen molar-refractivity contribution >= 4 is 221 Å². The average Bonchev–Trinajstić information content (AvgIpc) is 0.751. The minimum absolute atomic E-state index is 0.0129. The molecule has 0 heterocycles. The highest BCUT2D eigenvalue weighted by atomic mass is 16.5. The van der Waals surface area contributed by atoms with E-state index in [9.17, 15) is 19.2 Å². The van der Waals surface area contributed by atoms with Crippen LogP contribution in [0.1, 0.15) is 77.6 Å². The van der Waals surface area contributed by atoms with E-state index in [1.165, 1.54) is 43.1 Å². The zero-order valence-corrected chi connectivity index (χ0v) is 84.9. The molecule has 0 spiro atoms. The fraction of sp³-hybridized carbons (Fsp3) is 0.0882. The number of hydrogen-bond donors (Lipinski definition) is 0. The lowest BCUT2D eigenvalue weighted by molar-refractivity contribution is -0.112. The lowest BCUT2D eigenvalue weighted by Crippen LogP contribution is -2.13. The number of benzene rings is 22. The largest absolute Gasteiger partial charge is 0.501 e. The molecular weight excluding hydrogens is 1820 g/mol. The van der Waals surface area contributed by atoms with Crippen molar-refractivity contribution in [2.45, 2.75) is 55.4 Å². The van der Waals surface area contributed by atoms with E-state index in [4.69, 9.17) is 18.9 Å². The van der Waals surface area contributed by atoms with E-state index in [0.717, 1.165) is 155 Å². The third-order valence-corrected chi connectivity index (χ3v) is 27.7. The van der Waals surface area contributed by atoms with Crippen molar-refractivity contribution in [3.8, 4) is 0 Å². The number of fused-ring (bicyclic) bond motifs is 12. The van der Waals surface area contributed by atoms with Gasteiger partial charge in [0, 0.05) is 77.1 Å². The van der Waals surface area contributed by atoms with E-state index in [2.05, 4.69) is 402 Å². The Morgan fingerprint density at radius 2 is 0.432 bits per heavy atom. The van der Waals surface area contributed by atoms with Gasteiger partial charge in [0.1, 0.15) is 23.0 Å². The van der Waals surface area contributed by atoms with Crippen LogP contribution in [0.25, 0.3) is 130 Å². The second kappa shape index (κ2) is 44.1. The van der Waals surface area contributed by atoms with Crippen molar-refractivity contribution < 1.29 is 38.1 Å². The Labute approximate surface area is 863 Å². The van der Waals surface area contributed by atoms with Crippen molar-refractivity contribution in [1.82, 2.24) is 0 Å². The number of allylic oxidation sites excluding steroid dienone is 8.